The topological polar surface area (TPSA) is 102 Å². The van der Waals surface area contributed by atoms with Crippen molar-refractivity contribution in [2.24, 2.45) is 11.7 Å². The van der Waals surface area contributed by atoms with Crippen molar-refractivity contribution in [1.29, 1.82) is 0 Å². The predicted molar refractivity (Wildman–Crippen MR) is 140 cm³/mol. The second-order valence-corrected chi connectivity index (χ2v) is 10.3. The lowest BCUT2D eigenvalue weighted by Crippen LogP contribution is -2.44. The zero-order valence-corrected chi connectivity index (χ0v) is 21.9. The van der Waals surface area contributed by atoms with Gasteiger partial charge in [0.05, 0.1) is 19.0 Å². The Morgan fingerprint density at radius 1 is 1.05 bits per heavy atom. The van der Waals surface area contributed by atoms with Crippen molar-refractivity contribution < 1.29 is 18.7 Å². The summed E-state index contributed by atoms with van der Waals surface area (Å²) in [5, 5.41) is 0. The minimum atomic E-state index is -1.08. The quantitative estimate of drug-likeness (QED) is 0.520. The molecule has 8 nitrogen and oxygen atoms in total. The van der Waals surface area contributed by atoms with Crippen LogP contribution in [0.1, 0.15) is 62.7 Å². The fraction of sp³-hybridized carbons (Fsp3) is 0.571. The number of halogens is 1. The van der Waals surface area contributed by atoms with Gasteiger partial charge in [0.25, 0.3) is 5.91 Å². The summed E-state index contributed by atoms with van der Waals surface area (Å²) in [6, 6.07) is 6.52. The fourth-order valence-corrected chi connectivity index (χ4v) is 5.17. The molecule has 0 radical (unpaired) electrons. The average molecular weight is 512 g/mol. The lowest BCUT2D eigenvalue weighted by Gasteiger charge is -2.36. The van der Waals surface area contributed by atoms with Crippen LogP contribution in [-0.4, -0.2) is 76.1 Å². The van der Waals surface area contributed by atoms with Crippen LogP contribution in [0.4, 0.5) is 4.39 Å². The summed E-state index contributed by atoms with van der Waals surface area (Å²) in [6.45, 7) is 7.29. The van der Waals surface area contributed by atoms with Gasteiger partial charge in [0, 0.05) is 24.2 Å². The first-order chi connectivity index (χ1) is 17.8. The third-order valence-corrected chi connectivity index (χ3v) is 7.83. The molecule has 2 aliphatic heterocycles. The summed E-state index contributed by atoms with van der Waals surface area (Å²) in [7, 11) is 0. The van der Waals surface area contributed by atoms with Crippen LogP contribution in [0, 0.1) is 5.92 Å². The Hall–Kier alpha value is -3.07. The lowest BCUT2D eigenvalue weighted by molar-refractivity contribution is -0.121. The van der Waals surface area contributed by atoms with E-state index in [4.69, 9.17) is 10.5 Å². The molecule has 37 heavy (non-hydrogen) atoms. The SMILES string of the molecule is CCC(F)(CC)CN1CCC(COc2cnc(-c3ccc(C(=O)N4CCC[C@H]4C(N)=O)cc3)nc2)CC1. The maximum Gasteiger partial charge on any atom is 0.254 e. The van der Waals surface area contributed by atoms with Crippen molar-refractivity contribution in [2.45, 2.75) is 64.1 Å². The molecule has 0 saturated carbocycles. The second-order valence-electron chi connectivity index (χ2n) is 10.3. The van der Waals surface area contributed by atoms with E-state index in [0.717, 1.165) is 37.9 Å². The molecule has 2 aliphatic rings. The van der Waals surface area contributed by atoms with Gasteiger partial charge >= 0.3 is 0 Å². The number of hydrogen-bond donors (Lipinski definition) is 1. The molecule has 2 aromatic rings. The van der Waals surface area contributed by atoms with Crippen molar-refractivity contribution >= 4 is 11.8 Å². The highest BCUT2D eigenvalue weighted by atomic mass is 19.1. The molecule has 0 aliphatic carbocycles. The van der Waals surface area contributed by atoms with Crippen LogP contribution < -0.4 is 10.5 Å². The number of carbonyl (C=O) groups is 2. The van der Waals surface area contributed by atoms with Gasteiger partial charge in [-0.05, 0) is 69.7 Å². The average Bonchev–Trinajstić information content (AvgIpc) is 3.43. The number of likely N-dealkylation sites (tertiary alicyclic amines) is 2. The van der Waals surface area contributed by atoms with Crippen LogP contribution in [0.5, 0.6) is 5.75 Å². The van der Waals surface area contributed by atoms with Crippen molar-refractivity contribution in [1.82, 2.24) is 19.8 Å². The summed E-state index contributed by atoms with van der Waals surface area (Å²) in [5.41, 5.74) is 5.65. The van der Waals surface area contributed by atoms with E-state index in [0.29, 0.717) is 62.0 Å². The molecule has 1 atom stereocenters. The fourth-order valence-electron chi connectivity index (χ4n) is 5.17. The molecule has 200 valence electrons. The molecule has 1 aromatic heterocycles. The van der Waals surface area contributed by atoms with Gasteiger partial charge in [0.15, 0.2) is 11.6 Å². The summed E-state index contributed by atoms with van der Waals surface area (Å²) >= 11 is 0. The molecule has 9 heteroatoms. The maximum atomic E-state index is 14.7. The number of amides is 2. The number of alkyl halides is 1. The van der Waals surface area contributed by atoms with Gasteiger partial charge in [-0.3, -0.25) is 9.59 Å². The van der Waals surface area contributed by atoms with E-state index < -0.39 is 17.6 Å². The molecule has 1 aromatic carbocycles. The predicted octanol–water partition coefficient (Wildman–Crippen LogP) is 3.85. The third-order valence-electron chi connectivity index (χ3n) is 7.83. The van der Waals surface area contributed by atoms with Gasteiger partial charge in [0.2, 0.25) is 5.91 Å². The largest absolute Gasteiger partial charge is 0.490 e. The number of primary amides is 1. The highest BCUT2D eigenvalue weighted by Gasteiger charge is 2.33. The summed E-state index contributed by atoms with van der Waals surface area (Å²) in [6.07, 6.45) is 7.81. The molecule has 2 amide bonds. The standard InChI is InChI=1S/C28H38FN5O3/c1-3-28(29,4-2)19-33-14-11-20(12-15-33)18-37-23-16-31-26(32-17-23)21-7-9-22(10-8-21)27(36)34-13-5-6-24(34)25(30)35/h7-10,16-17,20,24H,3-6,11-15,18-19H2,1-2H3,(H2,30,35)/t24-/m0/s1. The van der Waals surface area contributed by atoms with Gasteiger partial charge in [-0.2, -0.15) is 0 Å². The van der Waals surface area contributed by atoms with E-state index in [1.807, 2.05) is 13.8 Å². The second kappa shape index (κ2) is 12.0. The van der Waals surface area contributed by atoms with Gasteiger partial charge in [0.1, 0.15) is 11.7 Å². The number of piperidine rings is 1. The van der Waals surface area contributed by atoms with E-state index in [9.17, 15) is 14.0 Å². The van der Waals surface area contributed by atoms with Crippen LogP contribution in [0.3, 0.4) is 0 Å². The van der Waals surface area contributed by atoms with Crippen LogP contribution in [0.2, 0.25) is 0 Å². The molecule has 0 spiro atoms. The minimum absolute atomic E-state index is 0.192. The van der Waals surface area contributed by atoms with Gasteiger partial charge < -0.3 is 20.3 Å². The lowest BCUT2D eigenvalue weighted by atomic mass is 9.94. The Kier molecular flexibility index (Phi) is 8.74. The number of nitrogens with zero attached hydrogens (tertiary/aromatic N) is 4. The molecule has 2 fully saturated rings. The monoisotopic (exact) mass is 511 g/mol. The van der Waals surface area contributed by atoms with Crippen molar-refractivity contribution in [3.05, 3.63) is 42.2 Å². The van der Waals surface area contributed by atoms with Crippen LogP contribution in [0.25, 0.3) is 11.4 Å². The molecular weight excluding hydrogens is 473 g/mol. The van der Waals surface area contributed by atoms with Gasteiger partial charge in [-0.1, -0.05) is 26.0 Å². The molecular formula is C28H38FN5O3. The van der Waals surface area contributed by atoms with E-state index in [1.54, 1.807) is 41.6 Å². The highest BCUT2D eigenvalue weighted by Crippen LogP contribution is 2.26. The summed E-state index contributed by atoms with van der Waals surface area (Å²) in [4.78, 5) is 37.1. The summed E-state index contributed by atoms with van der Waals surface area (Å²) < 4.78 is 20.6. The molecule has 4 rings (SSSR count). The van der Waals surface area contributed by atoms with Crippen molar-refractivity contribution in [3.63, 3.8) is 0 Å². The number of hydrogen-bond acceptors (Lipinski definition) is 6. The molecule has 0 unspecified atom stereocenters. The van der Waals surface area contributed by atoms with E-state index in [2.05, 4.69) is 14.9 Å². The zero-order valence-electron chi connectivity index (χ0n) is 21.9. The first-order valence-electron chi connectivity index (χ1n) is 13.4. The van der Waals surface area contributed by atoms with Crippen LogP contribution in [0.15, 0.2) is 36.7 Å². The number of rotatable bonds is 10. The Morgan fingerprint density at radius 2 is 1.70 bits per heavy atom. The number of ether oxygens (including phenoxy) is 1. The number of benzene rings is 1. The molecule has 3 heterocycles. The first kappa shape index (κ1) is 27.0. The Labute approximate surface area is 218 Å². The Morgan fingerprint density at radius 3 is 2.30 bits per heavy atom. The molecule has 2 saturated heterocycles. The minimum Gasteiger partial charge on any atom is -0.490 e. The smallest absolute Gasteiger partial charge is 0.254 e. The Bertz CT molecular complexity index is 1050. The third kappa shape index (κ3) is 6.63. The number of carbonyl (C=O) groups excluding carboxylic acids is 2. The molecule has 2 N–H and O–H groups in total. The van der Waals surface area contributed by atoms with Crippen molar-refractivity contribution in [2.75, 3.05) is 32.8 Å². The van der Waals surface area contributed by atoms with Crippen molar-refractivity contribution in [3.8, 4) is 17.1 Å². The van der Waals surface area contributed by atoms with E-state index >= 15 is 0 Å². The van der Waals surface area contributed by atoms with E-state index in [-0.39, 0.29) is 5.91 Å². The Balaban J connectivity index is 1.26. The highest BCUT2D eigenvalue weighted by molar-refractivity contribution is 5.98. The van der Waals surface area contributed by atoms with Gasteiger partial charge in [-0.25, -0.2) is 14.4 Å². The normalized spacial score (nSPS) is 19.2. The number of aromatic nitrogens is 2. The summed E-state index contributed by atoms with van der Waals surface area (Å²) in [5.74, 6) is 0.934. The first-order valence-corrected chi connectivity index (χ1v) is 13.4. The van der Waals surface area contributed by atoms with Crippen LogP contribution >= 0.6 is 0 Å². The van der Waals surface area contributed by atoms with Crippen LogP contribution in [-0.2, 0) is 4.79 Å². The maximum absolute atomic E-state index is 14.7. The van der Waals surface area contributed by atoms with E-state index in [1.165, 1.54) is 0 Å². The van der Waals surface area contributed by atoms with Gasteiger partial charge in [-0.15, -0.1) is 0 Å². The molecule has 0 bridgehead atoms. The zero-order chi connectivity index (χ0) is 26.4. The number of nitrogens with two attached hydrogens (primary N) is 1.